The summed E-state index contributed by atoms with van der Waals surface area (Å²) in [6, 6.07) is 0.517. The molecule has 1 aliphatic heterocycles. The van der Waals surface area contributed by atoms with Crippen molar-refractivity contribution in [1.82, 2.24) is 10.2 Å². The summed E-state index contributed by atoms with van der Waals surface area (Å²) in [5.74, 6) is 0.418. The molecule has 4 heteroatoms. The number of nitrogens with zero attached hydrogens (tertiary/aromatic N) is 1. The lowest BCUT2D eigenvalue weighted by Crippen LogP contribution is -2.50. The zero-order valence-electron chi connectivity index (χ0n) is 9.12. The van der Waals surface area contributed by atoms with Crippen LogP contribution in [-0.2, 0) is 4.79 Å². The first-order valence-electron chi connectivity index (χ1n) is 5.35. The lowest BCUT2D eigenvalue weighted by atomic mass is 9.96. The van der Waals surface area contributed by atoms with Crippen molar-refractivity contribution in [3.8, 4) is 0 Å². The molecular formula is C10H21N3O. The molecule has 0 aromatic heterocycles. The number of primary amides is 1. The Bertz CT molecular complexity index is 196. The first-order chi connectivity index (χ1) is 6.61. The fraction of sp³-hybridized carbons (Fsp3) is 0.900. The van der Waals surface area contributed by atoms with E-state index < -0.39 is 0 Å². The third-order valence-corrected chi connectivity index (χ3v) is 2.61. The number of amides is 1. The van der Waals surface area contributed by atoms with Crippen molar-refractivity contribution in [1.29, 1.82) is 0 Å². The van der Waals surface area contributed by atoms with Gasteiger partial charge in [0.1, 0.15) is 0 Å². The van der Waals surface area contributed by atoms with Crippen LogP contribution >= 0.6 is 0 Å². The number of nitrogens with two attached hydrogens (primary N) is 1. The summed E-state index contributed by atoms with van der Waals surface area (Å²) in [5, 5.41) is 3.42. The first kappa shape index (κ1) is 11.5. The molecule has 0 aromatic rings. The van der Waals surface area contributed by atoms with Crippen molar-refractivity contribution in [2.45, 2.75) is 26.3 Å². The van der Waals surface area contributed by atoms with Crippen LogP contribution in [0, 0.1) is 5.92 Å². The van der Waals surface area contributed by atoms with E-state index in [-0.39, 0.29) is 5.91 Å². The molecule has 1 rings (SSSR count). The molecule has 0 aliphatic carbocycles. The molecule has 0 aromatic carbocycles. The average molecular weight is 199 g/mol. The van der Waals surface area contributed by atoms with Crippen LogP contribution in [-0.4, -0.2) is 43.0 Å². The lowest BCUT2D eigenvalue weighted by molar-refractivity contribution is -0.119. The van der Waals surface area contributed by atoms with Crippen molar-refractivity contribution < 1.29 is 4.79 Å². The molecule has 0 bridgehead atoms. The van der Waals surface area contributed by atoms with Gasteiger partial charge in [0.05, 0.1) is 6.54 Å². The average Bonchev–Trinajstić information content (AvgIpc) is 2.01. The Labute approximate surface area is 85.8 Å². The third kappa shape index (κ3) is 3.64. The van der Waals surface area contributed by atoms with Crippen LogP contribution in [0.3, 0.4) is 0 Å². The number of piperidine rings is 1. The number of likely N-dealkylation sites (N-methyl/N-ethyl adjacent to an activating group) is 1. The van der Waals surface area contributed by atoms with Gasteiger partial charge in [-0.3, -0.25) is 9.69 Å². The van der Waals surface area contributed by atoms with Gasteiger partial charge in [0.2, 0.25) is 5.91 Å². The van der Waals surface area contributed by atoms with Gasteiger partial charge in [-0.2, -0.15) is 0 Å². The minimum atomic E-state index is -0.227. The highest BCUT2D eigenvalue weighted by Gasteiger charge is 2.24. The van der Waals surface area contributed by atoms with E-state index in [4.69, 9.17) is 5.73 Å². The summed E-state index contributed by atoms with van der Waals surface area (Å²) < 4.78 is 0. The van der Waals surface area contributed by atoms with Gasteiger partial charge in [-0.05, 0) is 18.9 Å². The fourth-order valence-corrected chi connectivity index (χ4v) is 2.25. The molecule has 1 fully saturated rings. The van der Waals surface area contributed by atoms with Crippen LogP contribution in [0.25, 0.3) is 0 Å². The maximum Gasteiger partial charge on any atom is 0.231 e. The van der Waals surface area contributed by atoms with Gasteiger partial charge in [0, 0.05) is 19.1 Å². The highest BCUT2D eigenvalue weighted by Crippen LogP contribution is 2.15. The topological polar surface area (TPSA) is 58.4 Å². The molecule has 0 saturated carbocycles. The van der Waals surface area contributed by atoms with Crippen molar-refractivity contribution in [2.75, 3.05) is 26.2 Å². The Hall–Kier alpha value is -0.610. The SMILES string of the molecule is CCNC1CC(C)CN(CC(N)=O)C1. The summed E-state index contributed by atoms with van der Waals surface area (Å²) in [5.41, 5.74) is 5.19. The second kappa shape index (κ2) is 5.32. The van der Waals surface area contributed by atoms with E-state index in [1.807, 2.05) is 0 Å². The molecule has 1 saturated heterocycles. The van der Waals surface area contributed by atoms with E-state index in [0.29, 0.717) is 18.5 Å². The van der Waals surface area contributed by atoms with Gasteiger partial charge in [0.15, 0.2) is 0 Å². The van der Waals surface area contributed by atoms with E-state index in [2.05, 4.69) is 24.1 Å². The standard InChI is InChI=1S/C10H21N3O/c1-3-12-9-4-8(2)5-13(6-9)7-10(11)14/h8-9,12H,3-7H2,1-2H3,(H2,11,14). The third-order valence-electron chi connectivity index (χ3n) is 2.61. The lowest BCUT2D eigenvalue weighted by Gasteiger charge is -2.36. The van der Waals surface area contributed by atoms with Crippen LogP contribution in [0.4, 0.5) is 0 Å². The Morgan fingerprint density at radius 2 is 2.29 bits per heavy atom. The Balaban J connectivity index is 2.41. The fourth-order valence-electron chi connectivity index (χ4n) is 2.25. The van der Waals surface area contributed by atoms with Gasteiger partial charge in [-0.25, -0.2) is 0 Å². The van der Waals surface area contributed by atoms with Crippen molar-refractivity contribution in [3.05, 3.63) is 0 Å². The van der Waals surface area contributed by atoms with Crippen molar-refractivity contribution >= 4 is 5.91 Å². The van der Waals surface area contributed by atoms with Crippen molar-refractivity contribution in [3.63, 3.8) is 0 Å². The minimum absolute atomic E-state index is 0.227. The largest absolute Gasteiger partial charge is 0.369 e. The zero-order valence-corrected chi connectivity index (χ0v) is 9.12. The van der Waals surface area contributed by atoms with E-state index in [9.17, 15) is 4.79 Å². The van der Waals surface area contributed by atoms with Crippen LogP contribution in [0.15, 0.2) is 0 Å². The molecule has 4 nitrogen and oxygen atoms in total. The highest BCUT2D eigenvalue weighted by molar-refractivity contribution is 5.75. The van der Waals surface area contributed by atoms with Crippen LogP contribution in [0.2, 0.25) is 0 Å². The highest BCUT2D eigenvalue weighted by atomic mass is 16.1. The van der Waals surface area contributed by atoms with E-state index in [0.717, 1.165) is 19.6 Å². The van der Waals surface area contributed by atoms with Crippen LogP contribution < -0.4 is 11.1 Å². The van der Waals surface area contributed by atoms with E-state index >= 15 is 0 Å². The summed E-state index contributed by atoms with van der Waals surface area (Å²) in [6.45, 7) is 7.65. The van der Waals surface area contributed by atoms with Gasteiger partial charge in [-0.15, -0.1) is 0 Å². The monoisotopic (exact) mass is 199 g/mol. The van der Waals surface area contributed by atoms with E-state index in [1.54, 1.807) is 0 Å². The quantitative estimate of drug-likeness (QED) is 0.659. The maximum atomic E-state index is 10.8. The van der Waals surface area contributed by atoms with Crippen LogP contribution in [0.5, 0.6) is 0 Å². The summed E-state index contributed by atoms with van der Waals surface area (Å²) in [4.78, 5) is 12.9. The molecule has 0 spiro atoms. The zero-order chi connectivity index (χ0) is 10.6. The molecule has 2 atom stereocenters. The van der Waals surface area contributed by atoms with Crippen molar-refractivity contribution in [2.24, 2.45) is 11.7 Å². The first-order valence-corrected chi connectivity index (χ1v) is 5.35. The molecule has 2 unspecified atom stereocenters. The number of nitrogens with one attached hydrogen (secondary N) is 1. The Kier molecular flexibility index (Phi) is 4.35. The molecule has 1 aliphatic rings. The van der Waals surface area contributed by atoms with E-state index in [1.165, 1.54) is 6.42 Å². The maximum absolute atomic E-state index is 10.8. The number of likely N-dealkylation sites (tertiary alicyclic amines) is 1. The predicted octanol–water partition coefficient (Wildman–Crippen LogP) is -0.208. The minimum Gasteiger partial charge on any atom is -0.369 e. The molecular weight excluding hydrogens is 178 g/mol. The van der Waals surface area contributed by atoms with Gasteiger partial charge in [-0.1, -0.05) is 13.8 Å². The molecule has 1 heterocycles. The molecule has 0 radical (unpaired) electrons. The summed E-state index contributed by atoms with van der Waals surface area (Å²) >= 11 is 0. The number of carbonyl (C=O) groups is 1. The van der Waals surface area contributed by atoms with Crippen LogP contribution in [0.1, 0.15) is 20.3 Å². The Morgan fingerprint density at radius 1 is 1.57 bits per heavy atom. The number of carbonyl (C=O) groups excluding carboxylic acids is 1. The van der Waals surface area contributed by atoms with Gasteiger partial charge >= 0.3 is 0 Å². The molecule has 3 N–H and O–H groups in total. The Morgan fingerprint density at radius 3 is 2.86 bits per heavy atom. The smallest absolute Gasteiger partial charge is 0.231 e. The second-order valence-electron chi connectivity index (χ2n) is 4.26. The molecule has 82 valence electrons. The summed E-state index contributed by atoms with van der Waals surface area (Å²) in [6.07, 6.45) is 1.20. The number of hydrogen-bond acceptors (Lipinski definition) is 3. The number of hydrogen-bond donors (Lipinski definition) is 2. The summed E-state index contributed by atoms with van der Waals surface area (Å²) in [7, 11) is 0. The molecule has 14 heavy (non-hydrogen) atoms. The number of rotatable bonds is 4. The second-order valence-corrected chi connectivity index (χ2v) is 4.26. The normalized spacial score (nSPS) is 29.0. The van der Waals surface area contributed by atoms with Gasteiger partial charge in [0.25, 0.3) is 0 Å². The molecule has 1 amide bonds. The predicted molar refractivity (Wildman–Crippen MR) is 56.9 cm³/mol. The van der Waals surface area contributed by atoms with Gasteiger partial charge < -0.3 is 11.1 Å².